The van der Waals surface area contributed by atoms with E-state index in [4.69, 9.17) is 0 Å². The van der Waals surface area contributed by atoms with E-state index in [2.05, 4.69) is 121 Å². The second-order valence-corrected chi connectivity index (χ2v) is 11.9. The molecule has 4 heteroatoms. The van der Waals surface area contributed by atoms with Crippen molar-refractivity contribution in [1.29, 1.82) is 0 Å². The minimum Gasteiger partial charge on any atom is -0.395 e. The van der Waals surface area contributed by atoms with E-state index < -0.39 is 15.8 Å². The maximum absolute atomic E-state index is 10.7. The van der Waals surface area contributed by atoms with Crippen LogP contribution in [-0.4, -0.2) is 17.1 Å². The van der Waals surface area contributed by atoms with Crippen LogP contribution in [0.5, 0.6) is 0 Å². The van der Waals surface area contributed by atoms with Crippen molar-refractivity contribution >= 4 is 37.1 Å². The first-order valence-corrected chi connectivity index (χ1v) is 12.6. The summed E-state index contributed by atoms with van der Waals surface area (Å²) in [6.07, 6.45) is 0. The van der Waals surface area contributed by atoms with Crippen LogP contribution in [0.2, 0.25) is 0 Å². The molecule has 154 valence electrons. The number of aliphatic hydroxyl groups excluding tert-OH is 1. The van der Waals surface area contributed by atoms with Gasteiger partial charge in [-0.3, -0.25) is 0 Å². The van der Waals surface area contributed by atoms with Crippen molar-refractivity contribution in [1.82, 2.24) is 0 Å². The first-order valence-electron chi connectivity index (χ1n) is 9.78. The first kappa shape index (κ1) is 23.0. The van der Waals surface area contributed by atoms with Crippen molar-refractivity contribution in [2.45, 2.75) is 5.40 Å². The molecule has 0 unspecified atom stereocenters. The molecular weight excluding hydrogens is 497 g/mol. The number of benzene rings is 4. The Morgan fingerprint density at radius 2 is 0.700 bits per heavy atom. The van der Waals surface area contributed by atoms with E-state index >= 15 is 0 Å². The standard InChI is InChI=1S/C26H24OP2.Pd/c27-21-26(28(22-13-5-1-6-14-22)23-15-7-2-8-16-23)29(24-17-9-3-10-18-24)25-19-11-4-12-20-25;/h1-20,26-27H,21H2;. The van der Waals surface area contributed by atoms with Gasteiger partial charge in [0.25, 0.3) is 0 Å². The molecule has 0 saturated carbocycles. The summed E-state index contributed by atoms with van der Waals surface area (Å²) >= 11 is 0. The normalized spacial score (nSPS) is 10.9. The van der Waals surface area contributed by atoms with E-state index in [9.17, 15) is 5.11 Å². The third kappa shape index (κ3) is 5.34. The van der Waals surface area contributed by atoms with Gasteiger partial charge in [-0.15, -0.1) is 0 Å². The van der Waals surface area contributed by atoms with Crippen molar-refractivity contribution in [2.75, 3.05) is 6.61 Å². The van der Waals surface area contributed by atoms with Gasteiger partial charge in [-0.05, 0) is 37.1 Å². The van der Waals surface area contributed by atoms with E-state index in [1.807, 2.05) is 0 Å². The summed E-state index contributed by atoms with van der Waals surface area (Å²) in [5, 5.41) is 16.1. The first-order chi connectivity index (χ1) is 14.4. The summed E-state index contributed by atoms with van der Waals surface area (Å²) < 4.78 is 0. The molecule has 0 heterocycles. The fourth-order valence-corrected chi connectivity index (χ4v) is 10.4. The molecule has 30 heavy (non-hydrogen) atoms. The molecule has 1 nitrogen and oxygen atoms in total. The predicted octanol–water partition coefficient (Wildman–Crippen LogP) is 4.57. The van der Waals surface area contributed by atoms with Crippen LogP contribution in [0.3, 0.4) is 0 Å². The van der Waals surface area contributed by atoms with Crippen molar-refractivity contribution < 1.29 is 25.5 Å². The Bertz CT molecular complexity index is 836. The summed E-state index contributed by atoms with van der Waals surface area (Å²) in [4.78, 5) is 0. The van der Waals surface area contributed by atoms with Gasteiger partial charge in [-0.2, -0.15) is 0 Å². The summed E-state index contributed by atoms with van der Waals surface area (Å²) in [6.45, 7) is 0.158. The SMILES string of the molecule is OCC(P(c1ccccc1)c1ccccc1)P(c1ccccc1)c1ccccc1.[Pd]. The van der Waals surface area contributed by atoms with Crippen LogP contribution in [0.4, 0.5) is 0 Å². The average molecular weight is 521 g/mol. The molecule has 0 aliphatic carbocycles. The zero-order chi connectivity index (χ0) is 19.9. The number of rotatable bonds is 7. The van der Waals surface area contributed by atoms with Crippen LogP contribution in [-0.2, 0) is 20.4 Å². The van der Waals surface area contributed by atoms with Crippen molar-refractivity contribution in [2.24, 2.45) is 0 Å². The minimum atomic E-state index is -0.722. The largest absolute Gasteiger partial charge is 0.395 e. The van der Waals surface area contributed by atoms with Crippen LogP contribution in [0, 0.1) is 0 Å². The van der Waals surface area contributed by atoms with Gasteiger partial charge < -0.3 is 5.11 Å². The van der Waals surface area contributed by atoms with Crippen LogP contribution in [0.1, 0.15) is 0 Å². The van der Waals surface area contributed by atoms with Gasteiger partial charge in [-0.1, -0.05) is 121 Å². The molecule has 0 saturated heterocycles. The molecule has 0 amide bonds. The second-order valence-electron chi connectivity index (χ2n) is 6.75. The van der Waals surface area contributed by atoms with E-state index in [0.29, 0.717) is 0 Å². The Kier molecular flexibility index (Phi) is 8.96. The molecule has 0 atom stereocenters. The third-order valence-corrected chi connectivity index (χ3v) is 11.2. The smallest absolute Gasteiger partial charge is 0.0550 e. The van der Waals surface area contributed by atoms with E-state index in [0.717, 1.165) is 0 Å². The van der Waals surface area contributed by atoms with Gasteiger partial charge in [0, 0.05) is 25.8 Å². The molecule has 0 aliphatic heterocycles. The molecular formula is C26H24OP2Pd. The molecule has 1 N–H and O–H groups in total. The van der Waals surface area contributed by atoms with Gasteiger partial charge in [0.2, 0.25) is 0 Å². The average Bonchev–Trinajstić information content (AvgIpc) is 2.81. The Labute approximate surface area is 195 Å². The number of aliphatic hydroxyl groups is 1. The van der Waals surface area contributed by atoms with Gasteiger partial charge in [-0.25, -0.2) is 0 Å². The van der Waals surface area contributed by atoms with Crippen molar-refractivity contribution in [3.63, 3.8) is 0 Å². The van der Waals surface area contributed by atoms with Crippen molar-refractivity contribution in [3.05, 3.63) is 121 Å². The Balaban J connectivity index is 0.00000256. The fraction of sp³-hybridized carbons (Fsp3) is 0.0769. The zero-order valence-electron chi connectivity index (χ0n) is 16.5. The molecule has 0 radical (unpaired) electrons. The van der Waals surface area contributed by atoms with Gasteiger partial charge in [0.15, 0.2) is 0 Å². The van der Waals surface area contributed by atoms with E-state index in [1.54, 1.807) is 0 Å². The Morgan fingerprint density at radius 3 is 0.900 bits per heavy atom. The molecule has 0 bridgehead atoms. The quantitative estimate of drug-likeness (QED) is 0.280. The topological polar surface area (TPSA) is 20.2 Å². The monoisotopic (exact) mass is 520 g/mol. The Morgan fingerprint density at radius 1 is 0.467 bits per heavy atom. The van der Waals surface area contributed by atoms with Crippen molar-refractivity contribution in [3.8, 4) is 0 Å². The van der Waals surface area contributed by atoms with Crippen LogP contribution >= 0.6 is 15.8 Å². The molecule has 4 aromatic rings. The van der Waals surface area contributed by atoms with Crippen LogP contribution < -0.4 is 21.2 Å². The maximum atomic E-state index is 10.7. The van der Waals surface area contributed by atoms with E-state index in [1.165, 1.54) is 21.2 Å². The summed E-state index contributed by atoms with van der Waals surface area (Å²) in [5.74, 6) is 0. The predicted molar refractivity (Wildman–Crippen MR) is 129 cm³/mol. The zero-order valence-corrected chi connectivity index (χ0v) is 19.8. The Hall–Kier alpha value is -1.64. The summed E-state index contributed by atoms with van der Waals surface area (Å²) in [5.41, 5.74) is 0. The molecule has 4 aromatic carbocycles. The van der Waals surface area contributed by atoms with E-state index in [-0.39, 0.29) is 32.4 Å². The number of hydrogen-bond donors (Lipinski definition) is 1. The molecule has 0 spiro atoms. The summed E-state index contributed by atoms with van der Waals surface area (Å²) in [7, 11) is -1.44. The molecule has 0 aromatic heterocycles. The number of hydrogen-bond acceptors (Lipinski definition) is 1. The molecule has 0 aliphatic rings. The summed E-state index contributed by atoms with van der Waals surface area (Å²) in [6, 6.07) is 42.8. The molecule has 0 fully saturated rings. The maximum Gasteiger partial charge on any atom is 0.0550 e. The van der Waals surface area contributed by atoms with Crippen LogP contribution in [0.15, 0.2) is 121 Å². The van der Waals surface area contributed by atoms with Gasteiger partial charge in [0.05, 0.1) is 6.61 Å². The third-order valence-electron chi connectivity index (χ3n) is 4.90. The second kappa shape index (κ2) is 11.7. The van der Waals surface area contributed by atoms with Gasteiger partial charge >= 0.3 is 0 Å². The minimum absolute atomic E-state index is 0. The molecule has 4 rings (SSSR count). The van der Waals surface area contributed by atoms with Crippen LogP contribution in [0.25, 0.3) is 0 Å². The van der Waals surface area contributed by atoms with Gasteiger partial charge in [0.1, 0.15) is 0 Å². The fourth-order valence-electron chi connectivity index (χ4n) is 3.62.